The van der Waals surface area contributed by atoms with Crippen molar-refractivity contribution in [3.05, 3.63) is 96.1 Å². The van der Waals surface area contributed by atoms with Gasteiger partial charge < -0.3 is 10.1 Å². The van der Waals surface area contributed by atoms with Crippen LogP contribution in [0.15, 0.2) is 84.9 Å². The standard InChI is InChI=1S/C23H19N3O/c1-27-18-13-11-16(12-14-18)20-15-22(17-7-3-2-4-8-17)26-21-10-6-5-9-19(21)24-23(26)25-20/h2-15,22H,1H3,(H,24,25)/t22-/m0/s1. The SMILES string of the molecule is COc1ccc(C2=C[C@@H](c3ccccc3)n3c(nc4ccccc43)N2)cc1. The van der Waals surface area contributed by atoms with Gasteiger partial charge in [-0.3, -0.25) is 4.57 Å². The maximum absolute atomic E-state index is 5.29. The van der Waals surface area contributed by atoms with E-state index in [4.69, 9.17) is 9.72 Å². The second-order valence-electron chi connectivity index (χ2n) is 6.58. The van der Waals surface area contributed by atoms with E-state index < -0.39 is 0 Å². The minimum atomic E-state index is 0.0759. The normalized spacial score (nSPS) is 15.7. The highest BCUT2D eigenvalue weighted by Gasteiger charge is 2.25. The number of hydrogen-bond acceptors (Lipinski definition) is 3. The van der Waals surface area contributed by atoms with Crippen molar-refractivity contribution in [3.63, 3.8) is 0 Å². The molecule has 0 saturated heterocycles. The van der Waals surface area contributed by atoms with Gasteiger partial charge in [0.2, 0.25) is 5.95 Å². The molecule has 132 valence electrons. The monoisotopic (exact) mass is 353 g/mol. The third-order valence-electron chi connectivity index (χ3n) is 4.99. The lowest BCUT2D eigenvalue weighted by molar-refractivity contribution is 0.415. The molecule has 0 spiro atoms. The number of para-hydroxylation sites is 2. The Balaban J connectivity index is 1.68. The van der Waals surface area contributed by atoms with Gasteiger partial charge in [0, 0.05) is 5.70 Å². The van der Waals surface area contributed by atoms with Crippen LogP contribution < -0.4 is 10.1 Å². The van der Waals surface area contributed by atoms with Crippen LogP contribution in [-0.2, 0) is 0 Å². The van der Waals surface area contributed by atoms with Gasteiger partial charge in [-0.25, -0.2) is 4.98 Å². The molecule has 27 heavy (non-hydrogen) atoms. The second kappa shape index (κ2) is 6.32. The first-order valence-electron chi connectivity index (χ1n) is 8.99. The summed E-state index contributed by atoms with van der Waals surface area (Å²) in [4.78, 5) is 4.82. The number of rotatable bonds is 3. The fraction of sp³-hybridized carbons (Fsp3) is 0.0870. The fourth-order valence-corrected chi connectivity index (χ4v) is 3.64. The molecule has 5 rings (SSSR count). The maximum atomic E-state index is 5.29. The zero-order valence-corrected chi connectivity index (χ0v) is 15.0. The van der Waals surface area contributed by atoms with E-state index in [0.29, 0.717) is 0 Å². The average Bonchev–Trinajstić information content (AvgIpc) is 3.12. The van der Waals surface area contributed by atoms with Crippen LogP contribution in [0.2, 0.25) is 0 Å². The van der Waals surface area contributed by atoms with Crippen molar-refractivity contribution in [2.24, 2.45) is 0 Å². The van der Waals surface area contributed by atoms with Crippen LogP contribution in [0.4, 0.5) is 5.95 Å². The first-order valence-corrected chi connectivity index (χ1v) is 8.99. The average molecular weight is 353 g/mol. The zero-order valence-electron chi connectivity index (χ0n) is 15.0. The Bertz CT molecular complexity index is 1130. The highest BCUT2D eigenvalue weighted by Crippen LogP contribution is 2.36. The van der Waals surface area contributed by atoms with E-state index in [-0.39, 0.29) is 6.04 Å². The molecule has 2 heterocycles. The number of methoxy groups -OCH3 is 1. The molecule has 4 aromatic rings. The molecular weight excluding hydrogens is 334 g/mol. The molecule has 0 amide bonds. The van der Waals surface area contributed by atoms with Gasteiger partial charge in [-0.1, -0.05) is 42.5 Å². The van der Waals surface area contributed by atoms with Gasteiger partial charge in [-0.2, -0.15) is 0 Å². The molecule has 0 bridgehead atoms. The lowest BCUT2D eigenvalue weighted by Crippen LogP contribution is -2.19. The summed E-state index contributed by atoms with van der Waals surface area (Å²) in [5.41, 5.74) is 5.50. The van der Waals surface area contributed by atoms with E-state index in [2.05, 4.69) is 70.6 Å². The number of ether oxygens (including phenoxy) is 1. The van der Waals surface area contributed by atoms with Crippen LogP contribution >= 0.6 is 0 Å². The Morgan fingerprint density at radius 2 is 1.63 bits per heavy atom. The van der Waals surface area contributed by atoms with Crippen molar-refractivity contribution in [3.8, 4) is 5.75 Å². The number of benzene rings is 3. The third kappa shape index (κ3) is 2.66. The van der Waals surface area contributed by atoms with Crippen molar-refractivity contribution in [1.29, 1.82) is 0 Å². The van der Waals surface area contributed by atoms with Crippen LogP contribution in [0.3, 0.4) is 0 Å². The number of fused-ring (bicyclic) bond motifs is 3. The Morgan fingerprint density at radius 3 is 2.41 bits per heavy atom. The Morgan fingerprint density at radius 1 is 0.889 bits per heavy atom. The van der Waals surface area contributed by atoms with Crippen molar-refractivity contribution >= 4 is 22.7 Å². The first kappa shape index (κ1) is 15.7. The Hall–Kier alpha value is -3.53. The molecule has 1 aliphatic heterocycles. The second-order valence-corrected chi connectivity index (χ2v) is 6.58. The van der Waals surface area contributed by atoms with Crippen LogP contribution in [0, 0.1) is 0 Å². The number of nitrogens with zero attached hydrogens (tertiary/aromatic N) is 2. The molecule has 0 fully saturated rings. The number of hydrogen-bond donors (Lipinski definition) is 1. The van der Waals surface area contributed by atoms with E-state index in [0.717, 1.165) is 34.0 Å². The molecular formula is C23H19N3O. The lowest BCUT2D eigenvalue weighted by Gasteiger charge is -2.26. The number of aromatic nitrogens is 2. The van der Waals surface area contributed by atoms with Gasteiger partial charge in [0.15, 0.2) is 0 Å². The number of imidazole rings is 1. The van der Waals surface area contributed by atoms with E-state index in [1.54, 1.807) is 7.11 Å². The van der Waals surface area contributed by atoms with E-state index >= 15 is 0 Å². The topological polar surface area (TPSA) is 39.1 Å². The van der Waals surface area contributed by atoms with E-state index in [9.17, 15) is 0 Å². The molecule has 3 aromatic carbocycles. The molecule has 1 aliphatic rings. The van der Waals surface area contributed by atoms with Crippen molar-refractivity contribution in [2.75, 3.05) is 12.4 Å². The summed E-state index contributed by atoms with van der Waals surface area (Å²) < 4.78 is 7.55. The van der Waals surface area contributed by atoms with Crippen LogP contribution in [0.5, 0.6) is 5.75 Å². The Labute approximate surface area is 157 Å². The summed E-state index contributed by atoms with van der Waals surface area (Å²) >= 11 is 0. The van der Waals surface area contributed by atoms with Gasteiger partial charge in [0.1, 0.15) is 5.75 Å². The molecule has 0 aliphatic carbocycles. The summed E-state index contributed by atoms with van der Waals surface area (Å²) in [7, 11) is 1.68. The van der Waals surface area contributed by atoms with Crippen molar-refractivity contribution in [2.45, 2.75) is 6.04 Å². The summed E-state index contributed by atoms with van der Waals surface area (Å²) in [5, 5.41) is 3.51. The van der Waals surface area contributed by atoms with Crippen LogP contribution in [0.25, 0.3) is 16.7 Å². The molecule has 1 aromatic heterocycles. The molecule has 0 saturated carbocycles. The summed E-state index contributed by atoms with van der Waals surface area (Å²) in [6.45, 7) is 0. The van der Waals surface area contributed by atoms with Crippen LogP contribution in [0.1, 0.15) is 17.2 Å². The van der Waals surface area contributed by atoms with Crippen molar-refractivity contribution in [1.82, 2.24) is 9.55 Å². The predicted octanol–water partition coefficient (Wildman–Crippen LogP) is 5.10. The minimum Gasteiger partial charge on any atom is -0.497 e. The van der Waals surface area contributed by atoms with Gasteiger partial charge >= 0.3 is 0 Å². The zero-order chi connectivity index (χ0) is 18.2. The predicted molar refractivity (Wildman–Crippen MR) is 109 cm³/mol. The third-order valence-corrected chi connectivity index (χ3v) is 4.99. The van der Waals surface area contributed by atoms with E-state index in [1.165, 1.54) is 5.56 Å². The highest BCUT2D eigenvalue weighted by molar-refractivity contribution is 5.85. The first-order chi connectivity index (χ1) is 13.3. The van der Waals surface area contributed by atoms with Gasteiger partial charge in [-0.15, -0.1) is 0 Å². The fourth-order valence-electron chi connectivity index (χ4n) is 3.64. The maximum Gasteiger partial charge on any atom is 0.209 e. The quantitative estimate of drug-likeness (QED) is 0.557. The van der Waals surface area contributed by atoms with Crippen molar-refractivity contribution < 1.29 is 4.74 Å². The molecule has 1 atom stereocenters. The van der Waals surface area contributed by atoms with Gasteiger partial charge in [-0.05, 0) is 53.6 Å². The summed E-state index contributed by atoms with van der Waals surface area (Å²) in [5.74, 6) is 1.71. The number of anilines is 1. The minimum absolute atomic E-state index is 0.0759. The Kier molecular flexibility index (Phi) is 3.68. The largest absolute Gasteiger partial charge is 0.497 e. The lowest BCUT2D eigenvalue weighted by atomic mass is 10.0. The van der Waals surface area contributed by atoms with Gasteiger partial charge in [0.05, 0.1) is 24.2 Å². The number of allylic oxidation sites excluding steroid dienone is 1. The molecule has 1 N–H and O–H groups in total. The molecule has 4 nitrogen and oxygen atoms in total. The highest BCUT2D eigenvalue weighted by atomic mass is 16.5. The van der Waals surface area contributed by atoms with E-state index in [1.807, 2.05) is 24.3 Å². The smallest absolute Gasteiger partial charge is 0.209 e. The number of nitrogens with one attached hydrogen (secondary N) is 1. The molecule has 0 unspecified atom stereocenters. The van der Waals surface area contributed by atoms with Gasteiger partial charge in [0.25, 0.3) is 0 Å². The summed E-state index contributed by atoms with van der Waals surface area (Å²) in [6, 6.07) is 27.0. The molecule has 0 radical (unpaired) electrons. The molecule has 4 heteroatoms. The van der Waals surface area contributed by atoms with Crippen LogP contribution in [-0.4, -0.2) is 16.7 Å². The summed E-state index contributed by atoms with van der Waals surface area (Å²) in [6.07, 6.45) is 2.26.